The maximum absolute atomic E-state index is 13.3. The smallest absolute Gasteiger partial charge is 0.219 e. The number of hydrogen-bond donors (Lipinski definition) is 1. The summed E-state index contributed by atoms with van der Waals surface area (Å²) in [5.41, 5.74) is 4.06. The molecule has 10 heteroatoms. The van der Waals surface area contributed by atoms with Gasteiger partial charge in [0.05, 0.1) is 0 Å². The van der Waals surface area contributed by atoms with Gasteiger partial charge >= 0.3 is 0 Å². The molecule has 0 fully saturated rings. The molecule has 4 aromatic rings. The first kappa shape index (κ1) is 25.8. The lowest BCUT2D eigenvalue weighted by Crippen LogP contribution is -2.32. The summed E-state index contributed by atoms with van der Waals surface area (Å²) in [5, 5.41) is 15.5. The van der Waals surface area contributed by atoms with Crippen molar-refractivity contribution < 1.29 is 14.3 Å². The summed E-state index contributed by atoms with van der Waals surface area (Å²) in [7, 11) is 0. The summed E-state index contributed by atoms with van der Waals surface area (Å²) in [6.07, 6.45) is 12.6. The highest BCUT2D eigenvalue weighted by Crippen LogP contribution is 2.31. The van der Waals surface area contributed by atoms with Crippen LogP contribution in [-0.4, -0.2) is 66.7 Å². The number of aliphatic hydroxyl groups is 1. The Morgan fingerprint density at radius 3 is 2.35 bits per heavy atom. The normalized spacial score (nSPS) is 17.4. The van der Waals surface area contributed by atoms with Crippen LogP contribution in [0.4, 0.5) is 10.2 Å². The average molecular weight is 540 g/mol. The summed E-state index contributed by atoms with van der Waals surface area (Å²) in [5.74, 6) is 1.24. The topological polar surface area (TPSA) is 99.8 Å². The lowest BCUT2D eigenvalue weighted by molar-refractivity contribution is -0.128. The van der Waals surface area contributed by atoms with Crippen LogP contribution in [0.1, 0.15) is 49.2 Å². The van der Waals surface area contributed by atoms with Crippen LogP contribution in [-0.2, 0) is 10.4 Å². The third-order valence-electron chi connectivity index (χ3n) is 7.83. The van der Waals surface area contributed by atoms with Gasteiger partial charge in [-0.25, -0.2) is 23.9 Å². The van der Waals surface area contributed by atoms with E-state index in [1.54, 1.807) is 44.7 Å². The Morgan fingerprint density at radius 2 is 1.70 bits per heavy atom. The van der Waals surface area contributed by atoms with Gasteiger partial charge in [-0.1, -0.05) is 24.3 Å². The summed E-state index contributed by atoms with van der Waals surface area (Å²) in [6.45, 7) is 6.00. The molecule has 6 rings (SSSR count). The molecule has 0 aliphatic carbocycles. The van der Waals surface area contributed by atoms with Crippen molar-refractivity contribution in [3.63, 3.8) is 0 Å². The number of halogens is 1. The minimum atomic E-state index is -1.33. The van der Waals surface area contributed by atoms with E-state index in [1.807, 2.05) is 15.6 Å². The van der Waals surface area contributed by atoms with Crippen LogP contribution < -0.4 is 4.90 Å². The molecular formula is C30H30FN7O2. The minimum absolute atomic E-state index is 0.0984. The van der Waals surface area contributed by atoms with E-state index in [0.29, 0.717) is 30.0 Å². The van der Waals surface area contributed by atoms with E-state index in [4.69, 9.17) is 0 Å². The van der Waals surface area contributed by atoms with Crippen LogP contribution in [0.15, 0.2) is 67.4 Å². The van der Waals surface area contributed by atoms with Crippen molar-refractivity contribution in [2.24, 2.45) is 0 Å². The fourth-order valence-electron chi connectivity index (χ4n) is 5.30. The number of anilines is 1. The Kier molecular flexibility index (Phi) is 6.63. The van der Waals surface area contributed by atoms with Gasteiger partial charge in [-0.15, -0.1) is 0 Å². The minimum Gasteiger partial charge on any atom is -0.381 e. The molecule has 3 aromatic heterocycles. The molecule has 1 N–H and O–H groups in total. The molecule has 1 aromatic carbocycles. The predicted octanol–water partition coefficient (Wildman–Crippen LogP) is 3.84. The Balaban J connectivity index is 1.18. The molecule has 0 spiro atoms. The van der Waals surface area contributed by atoms with Crippen molar-refractivity contribution in [3.8, 4) is 0 Å². The number of benzene rings is 1. The Bertz CT molecular complexity index is 1620. The fourth-order valence-corrected chi connectivity index (χ4v) is 5.30. The van der Waals surface area contributed by atoms with Gasteiger partial charge in [0.25, 0.3) is 0 Å². The lowest BCUT2D eigenvalue weighted by atomic mass is 9.90. The molecule has 0 bridgehead atoms. The number of carbonyl (C=O) groups excluding carboxylic acids is 1. The van der Waals surface area contributed by atoms with Crippen molar-refractivity contribution >= 4 is 28.4 Å². The predicted molar refractivity (Wildman–Crippen MR) is 150 cm³/mol. The van der Waals surface area contributed by atoms with Gasteiger partial charge in [-0.3, -0.25) is 4.79 Å². The SMILES string of the molecule is CC(=O)N1CC=C(c2cc3c(N4CC=C(c5ncc([C@@](C)(O)c6ccc(F)cc6)cn5)CC4)ncnn3c2)CC1. The third kappa shape index (κ3) is 4.86. The average Bonchev–Trinajstić information content (AvgIpc) is 3.42. The molecule has 2 aliphatic heterocycles. The molecular weight excluding hydrogens is 509 g/mol. The summed E-state index contributed by atoms with van der Waals surface area (Å²) in [4.78, 5) is 29.4. The number of carbonyl (C=O) groups is 1. The van der Waals surface area contributed by atoms with Crippen LogP contribution in [0, 0.1) is 5.82 Å². The molecule has 1 atom stereocenters. The standard InChI is InChI=1S/C30H30FN7O2/c1-20(39)36-11-7-21(8-12-36)23-15-27-29(34-19-35-38(27)18-23)37-13-9-22(10-14-37)28-32-16-25(17-33-28)30(2,40)24-3-5-26(31)6-4-24/h3-7,9,15-19,40H,8,10-14H2,1-2H3/t30-/m0/s1. The zero-order valence-electron chi connectivity index (χ0n) is 22.5. The molecule has 5 heterocycles. The molecule has 204 valence electrons. The maximum atomic E-state index is 13.3. The zero-order valence-corrected chi connectivity index (χ0v) is 22.5. The highest BCUT2D eigenvalue weighted by Gasteiger charge is 2.27. The Labute approximate surface area is 231 Å². The summed E-state index contributed by atoms with van der Waals surface area (Å²) >= 11 is 0. The van der Waals surface area contributed by atoms with Crippen molar-refractivity contribution in [1.29, 1.82) is 0 Å². The van der Waals surface area contributed by atoms with Crippen LogP contribution >= 0.6 is 0 Å². The second-order valence-corrected chi connectivity index (χ2v) is 10.4. The molecule has 0 unspecified atom stereocenters. The first-order chi connectivity index (χ1) is 19.3. The van der Waals surface area contributed by atoms with Gasteiger partial charge in [-0.2, -0.15) is 5.10 Å². The van der Waals surface area contributed by atoms with Crippen LogP contribution in [0.3, 0.4) is 0 Å². The van der Waals surface area contributed by atoms with Crippen molar-refractivity contribution in [2.75, 3.05) is 31.1 Å². The van der Waals surface area contributed by atoms with Crippen LogP contribution in [0.2, 0.25) is 0 Å². The summed E-state index contributed by atoms with van der Waals surface area (Å²) < 4.78 is 15.2. The number of hydrogen-bond acceptors (Lipinski definition) is 7. The van der Waals surface area contributed by atoms with Gasteiger partial charge in [0.15, 0.2) is 11.6 Å². The van der Waals surface area contributed by atoms with Crippen molar-refractivity contribution in [2.45, 2.75) is 32.3 Å². The van der Waals surface area contributed by atoms with Crippen LogP contribution in [0.5, 0.6) is 0 Å². The van der Waals surface area contributed by atoms with Crippen molar-refractivity contribution in [3.05, 3.63) is 95.7 Å². The molecule has 0 saturated heterocycles. The van der Waals surface area contributed by atoms with E-state index in [0.717, 1.165) is 48.4 Å². The maximum Gasteiger partial charge on any atom is 0.219 e. The highest BCUT2D eigenvalue weighted by atomic mass is 19.1. The Hall–Kier alpha value is -4.44. The second kappa shape index (κ2) is 10.3. The van der Waals surface area contributed by atoms with Gasteiger partial charge in [-0.05, 0) is 60.2 Å². The van der Waals surface area contributed by atoms with E-state index >= 15 is 0 Å². The lowest BCUT2D eigenvalue weighted by Gasteiger charge is -2.27. The third-order valence-corrected chi connectivity index (χ3v) is 7.83. The molecule has 0 radical (unpaired) electrons. The van der Waals surface area contributed by atoms with Gasteiger partial charge < -0.3 is 14.9 Å². The van der Waals surface area contributed by atoms with Crippen molar-refractivity contribution in [1.82, 2.24) is 29.5 Å². The van der Waals surface area contributed by atoms with E-state index in [-0.39, 0.29) is 11.7 Å². The van der Waals surface area contributed by atoms with E-state index in [1.165, 1.54) is 17.7 Å². The fraction of sp³-hybridized carbons (Fsp3) is 0.300. The Morgan fingerprint density at radius 1 is 0.975 bits per heavy atom. The largest absolute Gasteiger partial charge is 0.381 e. The number of rotatable bonds is 5. The van der Waals surface area contributed by atoms with E-state index < -0.39 is 5.60 Å². The molecule has 2 aliphatic rings. The summed E-state index contributed by atoms with van der Waals surface area (Å²) in [6, 6.07) is 7.91. The van der Waals surface area contributed by atoms with Gasteiger partial charge in [0.2, 0.25) is 5.91 Å². The second-order valence-electron chi connectivity index (χ2n) is 10.4. The van der Waals surface area contributed by atoms with Gasteiger partial charge in [0, 0.05) is 57.3 Å². The van der Waals surface area contributed by atoms with Gasteiger partial charge in [0.1, 0.15) is 23.3 Å². The van der Waals surface area contributed by atoms with E-state index in [9.17, 15) is 14.3 Å². The molecule has 1 amide bonds. The quantitative estimate of drug-likeness (QED) is 0.411. The molecule has 9 nitrogen and oxygen atoms in total. The number of fused-ring (bicyclic) bond motifs is 1. The molecule has 0 saturated carbocycles. The zero-order chi connectivity index (χ0) is 27.9. The number of nitrogens with zero attached hydrogens (tertiary/aromatic N) is 7. The van der Waals surface area contributed by atoms with E-state index in [2.05, 4.69) is 43.2 Å². The monoisotopic (exact) mass is 539 g/mol. The first-order valence-corrected chi connectivity index (χ1v) is 13.3. The number of amides is 1. The highest BCUT2D eigenvalue weighted by molar-refractivity contribution is 5.80. The molecule has 40 heavy (non-hydrogen) atoms. The number of aromatic nitrogens is 5. The first-order valence-electron chi connectivity index (χ1n) is 13.3. The van der Waals surface area contributed by atoms with Crippen LogP contribution in [0.25, 0.3) is 16.7 Å².